The SMILES string of the molecule is CC.CC1CCCCC1.CCC(C)OC(C)CC. The summed E-state index contributed by atoms with van der Waals surface area (Å²) in [6.07, 6.45) is 10.5. The van der Waals surface area contributed by atoms with Gasteiger partial charge >= 0.3 is 0 Å². The smallest absolute Gasteiger partial charge is 0.0548 e. The molecule has 0 aliphatic heterocycles. The fourth-order valence-electron chi connectivity index (χ4n) is 1.90. The monoisotopic (exact) mass is 258 g/mol. The van der Waals surface area contributed by atoms with Crippen molar-refractivity contribution in [1.29, 1.82) is 0 Å². The average Bonchev–Trinajstić information content (AvgIpc) is 2.42. The van der Waals surface area contributed by atoms with E-state index >= 15 is 0 Å². The molecular weight excluding hydrogens is 220 g/mol. The molecule has 1 rings (SSSR count). The molecule has 1 fully saturated rings. The highest BCUT2D eigenvalue weighted by Gasteiger charge is 2.06. The molecule has 0 aromatic rings. The van der Waals surface area contributed by atoms with E-state index in [1.165, 1.54) is 32.1 Å². The summed E-state index contributed by atoms with van der Waals surface area (Å²) in [6.45, 7) is 14.9. The predicted molar refractivity (Wildman–Crippen MR) is 84.2 cm³/mol. The minimum Gasteiger partial charge on any atom is -0.376 e. The van der Waals surface area contributed by atoms with Gasteiger partial charge in [0.05, 0.1) is 12.2 Å². The zero-order chi connectivity index (χ0) is 14.4. The van der Waals surface area contributed by atoms with Gasteiger partial charge in [0.1, 0.15) is 0 Å². The summed E-state index contributed by atoms with van der Waals surface area (Å²) in [5, 5.41) is 0. The second kappa shape index (κ2) is 15.0. The first-order valence-electron chi connectivity index (χ1n) is 8.25. The maximum Gasteiger partial charge on any atom is 0.0548 e. The molecule has 1 aliphatic carbocycles. The van der Waals surface area contributed by atoms with Gasteiger partial charge in [-0.25, -0.2) is 0 Å². The quantitative estimate of drug-likeness (QED) is 0.582. The number of hydrogen-bond donors (Lipinski definition) is 0. The van der Waals surface area contributed by atoms with Crippen molar-refractivity contribution in [2.45, 2.75) is 106 Å². The molecule has 112 valence electrons. The van der Waals surface area contributed by atoms with Crippen LogP contribution >= 0.6 is 0 Å². The van der Waals surface area contributed by atoms with Crippen LogP contribution in [-0.2, 0) is 4.74 Å². The lowest BCUT2D eigenvalue weighted by atomic mass is 9.91. The molecule has 0 bridgehead atoms. The van der Waals surface area contributed by atoms with E-state index in [1.54, 1.807) is 0 Å². The summed E-state index contributed by atoms with van der Waals surface area (Å²) < 4.78 is 5.55. The van der Waals surface area contributed by atoms with Crippen molar-refractivity contribution in [3.8, 4) is 0 Å². The second-order valence-corrected chi connectivity index (χ2v) is 5.32. The molecule has 0 aromatic heterocycles. The van der Waals surface area contributed by atoms with E-state index in [4.69, 9.17) is 4.74 Å². The third kappa shape index (κ3) is 14.0. The van der Waals surface area contributed by atoms with Gasteiger partial charge in [-0.1, -0.05) is 66.7 Å². The maximum absolute atomic E-state index is 5.55. The van der Waals surface area contributed by atoms with Crippen LogP contribution in [0.1, 0.15) is 93.4 Å². The van der Waals surface area contributed by atoms with Crippen molar-refractivity contribution in [1.82, 2.24) is 0 Å². The highest BCUT2D eigenvalue weighted by atomic mass is 16.5. The molecule has 1 nitrogen and oxygen atoms in total. The zero-order valence-corrected chi connectivity index (χ0v) is 14.1. The molecule has 1 heteroatoms. The fraction of sp³-hybridized carbons (Fsp3) is 1.00. The Morgan fingerprint density at radius 3 is 1.50 bits per heavy atom. The van der Waals surface area contributed by atoms with Crippen molar-refractivity contribution < 1.29 is 4.74 Å². The maximum atomic E-state index is 5.55. The summed E-state index contributed by atoms with van der Waals surface area (Å²) in [7, 11) is 0. The Hall–Kier alpha value is -0.0400. The lowest BCUT2D eigenvalue weighted by Crippen LogP contribution is -2.14. The third-order valence-electron chi connectivity index (χ3n) is 3.51. The van der Waals surface area contributed by atoms with E-state index < -0.39 is 0 Å². The molecule has 0 aromatic carbocycles. The topological polar surface area (TPSA) is 9.23 Å². The summed E-state index contributed by atoms with van der Waals surface area (Å²) in [5.41, 5.74) is 0. The first-order chi connectivity index (χ1) is 8.60. The predicted octanol–water partition coefficient (Wildman–Crippen LogP) is 6.21. The molecule has 0 spiro atoms. The lowest BCUT2D eigenvalue weighted by molar-refractivity contribution is 0.00511. The summed E-state index contributed by atoms with van der Waals surface area (Å²) >= 11 is 0. The van der Waals surface area contributed by atoms with Crippen LogP contribution in [0.15, 0.2) is 0 Å². The van der Waals surface area contributed by atoms with Crippen LogP contribution in [0.4, 0.5) is 0 Å². The Morgan fingerprint density at radius 2 is 1.28 bits per heavy atom. The van der Waals surface area contributed by atoms with Crippen LogP contribution in [0.2, 0.25) is 0 Å². The molecule has 1 saturated carbocycles. The van der Waals surface area contributed by atoms with E-state index in [1.807, 2.05) is 13.8 Å². The summed E-state index contributed by atoms with van der Waals surface area (Å²) in [5.74, 6) is 1.04. The molecule has 1 aliphatic rings. The highest BCUT2D eigenvalue weighted by molar-refractivity contribution is 4.59. The molecule has 18 heavy (non-hydrogen) atoms. The van der Waals surface area contributed by atoms with Gasteiger partial charge in [0.15, 0.2) is 0 Å². The van der Waals surface area contributed by atoms with E-state index in [9.17, 15) is 0 Å². The van der Waals surface area contributed by atoms with Gasteiger partial charge in [-0.3, -0.25) is 0 Å². The van der Waals surface area contributed by atoms with E-state index in [0.29, 0.717) is 12.2 Å². The van der Waals surface area contributed by atoms with E-state index in [2.05, 4.69) is 34.6 Å². The summed E-state index contributed by atoms with van der Waals surface area (Å²) in [4.78, 5) is 0. The second-order valence-electron chi connectivity index (χ2n) is 5.32. The average molecular weight is 258 g/mol. The Bertz CT molecular complexity index is 131. The molecule has 2 unspecified atom stereocenters. The molecule has 2 atom stereocenters. The Kier molecular flexibility index (Phi) is 16.9. The first kappa shape index (κ1) is 20.3. The molecular formula is C17H38O. The number of rotatable bonds is 4. The Labute approximate surface area is 117 Å². The minimum absolute atomic E-state index is 0.431. The number of ether oxygens (including phenoxy) is 1. The molecule has 0 saturated heterocycles. The van der Waals surface area contributed by atoms with Crippen LogP contribution in [0.25, 0.3) is 0 Å². The Morgan fingerprint density at radius 1 is 0.889 bits per heavy atom. The molecule has 0 radical (unpaired) electrons. The Balaban J connectivity index is 0. The van der Waals surface area contributed by atoms with Crippen LogP contribution in [0.3, 0.4) is 0 Å². The van der Waals surface area contributed by atoms with Crippen molar-refractivity contribution in [2.24, 2.45) is 5.92 Å². The fourth-order valence-corrected chi connectivity index (χ4v) is 1.90. The van der Waals surface area contributed by atoms with Crippen molar-refractivity contribution in [2.75, 3.05) is 0 Å². The van der Waals surface area contributed by atoms with Gasteiger partial charge in [-0.2, -0.15) is 0 Å². The van der Waals surface area contributed by atoms with E-state index in [0.717, 1.165) is 18.8 Å². The van der Waals surface area contributed by atoms with Crippen LogP contribution in [0.5, 0.6) is 0 Å². The molecule has 0 heterocycles. The van der Waals surface area contributed by atoms with Crippen LogP contribution in [-0.4, -0.2) is 12.2 Å². The number of hydrogen-bond acceptors (Lipinski definition) is 1. The van der Waals surface area contributed by atoms with Gasteiger partial charge in [0.25, 0.3) is 0 Å². The standard InChI is InChI=1S/C8H18O.C7H14.C2H6/c1-5-7(3)9-8(4)6-2;1-7-5-3-2-4-6-7;1-2/h7-8H,5-6H2,1-4H3;7H,2-6H2,1H3;1-2H3. The highest BCUT2D eigenvalue weighted by Crippen LogP contribution is 2.22. The van der Waals surface area contributed by atoms with Crippen molar-refractivity contribution in [3.05, 3.63) is 0 Å². The largest absolute Gasteiger partial charge is 0.376 e. The van der Waals surface area contributed by atoms with Gasteiger partial charge in [-0.15, -0.1) is 0 Å². The van der Waals surface area contributed by atoms with E-state index in [-0.39, 0.29) is 0 Å². The third-order valence-corrected chi connectivity index (χ3v) is 3.51. The summed E-state index contributed by atoms with van der Waals surface area (Å²) in [6, 6.07) is 0. The minimum atomic E-state index is 0.431. The van der Waals surface area contributed by atoms with Crippen LogP contribution < -0.4 is 0 Å². The van der Waals surface area contributed by atoms with Crippen LogP contribution in [0, 0.1) is 5.92 Å². The van der Waals surface area contributed by atoms with Gasteiger partial charge in [0.2, 0.25) is 0 Å². The van der Waals surface area contributed by atoms with Crippen molar-refractivity contribution >= 4 is 0 Å². The van der Waals surface area contributed by atoms with Crippen molar-refractivity contribution in [3.63, 3.8) is 0 Å². The zero-order valence-electron chi connectivity index (χ0n) is 14.1. The molecule has 0 N–H and O–H groups in total. The van der Waals surface area contributed by atoms with Gasteiger partial charge in [0, 0.05) is 0 Å². The molecule has 0 amide bonds. The lowest BCUT2D eigenvalue weighted by Gasteiger charge is -2.15. The van der Waals surface area contributed by atoms with Gasteiger partial charge < -0.3 is 4.74 Å². The normalized spacial score (nSPS) is 18.8. The first-order valence-corrected chi connectivity index (χ1v) is 8.25. The van der Waals surface area contributed by atoms with Gasteiger partial charge in [-0.05, 0) is 32.6 Å².